The monoisotopic (exact) mass is 497 g/mol. The lowest BCUT2D eigenvalue weighted by Crippen LogP contribution is -2.29. The Morgan fingerprint density at radius 2 is 1.75 bits per heavy atom. The van der Waals surface area contributed by atoms with Gasteiger partial charge >= 0.3 is 0 Å². The van der Waals surface area contributed by atoms with E-state index in [2.05, 4.69) is 15.9 Å². The number of aryl methyl sites for hydroxylation is 1. The molecule has 1 atom stereocenters. The first kappa shape index (κ1) is 21.7. The molecule has 7 nitrogen and oxygen atoms in total. The number of amides is 1. The number of Topliss-reactive ketones (excluding diaryl/α,β-unsaturated/α-hetero) is 1. The number of rotatable bonds is 5. The first-order chi connectivity index (χ1) is 15.4. The summed E-state index contributed by atoms with van der Waals surface area (Å²) in [5.74, 6) is 0.00821. The van der Waals surface area contributed by atoms with Gasteiger partial charge < -0.3 is 19.0 Å². The van der Waals surface area contributed by atoms with E-state index in [1.807, 2.05) is 0 Å². The summed E-state index contributed by atoms with van der Waals surface area (Å²) in [5, 5.41) is 11.2. The van der Waals surface area contributed by atoms with Crippen LogP contribution in [0.5, 0.6) is 11.5 Å². The number of ether oxygens (including phenoxy) is 2. The average molecular weight is 498 g/mol. The van der Waals surface area contributed by atoms with Gasteiger partial charge in [-0.05, 0) is 65.3 Å². The Morgan fingerprint density at radius 1 is 1.03 bits per heavy atom. The van der Waals surface area contributed by atoms with Crippen LogP contribution in [0.2, 0.25) is 0 Å². The Labute approximate surface area is 193 Å². The number of furan rings is 1. The number of nitrogens with zero attached hydrogens (tertiary/aromatic N) is 1. The summed E-state index contributed by atoms with van der Waals surface area (Å²) < 4.78 is 17.0. The van der Waals surface area contributed by atoms with Crippen LogP contribution in [0.25, 0.3) is 5.76 Å². The van der Waals surface area contributed by atoms with Gasteiger partial charge in [0.25, 0.3) is 11.7 Å². The van der Waals surface area contributed by atoms with Crippen molar-refractivity contribution in [2.24, 2.45) is 0 Å². The summed E-state index contributed by atoms with van der Waals surface area (Å²) in [7, 11) is 3.01. The Bertz CT molecular complexity index is 1240. The first-order valence-electron chi connectivity index (χ1n) is 9.71. The van der Waals surface area contributed by atoms with Gasteiger partial charge in [-0.15, -0.1) is 0 Å². The van der Waals surface area contributed by atoms with Crippen molar-refractivity contribution >= 4 is 39.1 Å². The van der Waals surface area contributed by atoms with E-state index in [1.54, 1.807) is 61.5 Å². The number of benzene rings is 2. The van der Waals surface area contributed by atoms with Crippen LogP contribution in [0, 0.1) is 6.92 Å². The second-order valence-electron chi connectivity index (χ2n) is 7.14. The summed E-state index contributed by atoms with van der Waals surface area (Å²) in [6.45, 7) is 1.76. The Balaban J connectivity index is 1.95. The predicted molar refractivity (Wildman–Crippen MR) is 122 cm³/mol. The van der Waals surface area contributed by atoms with E-state index in [0.29, 0.717) is 38.7 Å². The van der Waals surface area contributed by atoms with Gasteiger partial charge in [-0.25, -0.2) is 0 Å². The summed E-state index contributed by atoms with van der Waals surface area (Å²) in [5.41, 5.74) is 0.669. The van der Waals surface area contributed by atoms with Crippen molar-refractivity contribution in [2.45, 2.75) is 13.0 Å². The fourth-order valence-corrected chi connectivity index (χ4v) is 4.29. The third-order valence-corrected chi connectivity index (χ3v) is 5.86. The van der Waals surface area contributed by atoms with Crippen LogP contribution in [0.15, 0.2) is 69.1 Å². The molecular weight excluding hydrogens is 478 g/mol. The van der Waals surface area contributed by atoms with Gasteiger partial charge in [-0.2, -0.15) is 0 Å². The molecule has 164 valence electrons. The Hall–Kier alpha value is -3.52. The number of halogens is 1. The molecule has 32 heavy (non-hydrogen) atoms. The van der Waals surface area contributed by atoms with E-state index >= 15 is 0 Å². The maximum Gasteiger partial charge on any atom is 0.300 e. The second kappa shape index (κ2) is 8.55. The van der Waals surface area contributed by atoms with E-state index in [9.17, 15) is 14.7 Å². The molecule has 0 radical (unpaired) electrons. The average Bonchev–Trinajstić information content (AvgIpc) is 3.34. The van der Waals surface area contributed by atoms with Crippen molar-refractivity contribution in [3.63, 3.8) is 0 Å². The van der Waals surface area contributed by atoms with E-state index in [1.165, 1.54) is 19.1 Å². The molecule has 1 N–H and O–H groups in total. The van der Waals surface area contributed by atoms with Gasteiger partial charge in [0.05, 0.1) is 30.0 Å². The number of aliphatic hydroxyl groups is 1. The van der Waals surface area contributed by atoms with Crippen LogP contribution in [-0.2, 0) is 9.59 Å². The minimum Gasteiger partial charge on any atom is -0.507 e. The third kappa shape index (κ3) is 3.56. The molecule has 2 heterocycles. The van der Waals surface area contributed by atoms with Crippen LogP contribution < -0.4 is 14.4 Å². The fourth-order valence-electron chi connectivity index (χ4n) is 3.75. The highest BCUT2D eigenvalue weighted by Crippen LogP contribution is 2.45. The number of methoxy groups -OCH3 is 2. The SMILES string of the molecule is COc1ccc(/C(O)=C2/C(=O)C(=O)N(c3ccccc3OC)C2c2ccc(C)o2)cc1Br. The predicted octanol–water partition coefficient (Wildman–Crippen LogP) is 4.99. The summed E-state index contributed by atoms with van der Waals surface area (Å²) >= 11 is 3.39. The van der Waals surface area contributed by atoms with Gasteiger partial charge in [0.15, 0.2) is 0 Å². The lowest BCUT2D eigenvalue weighted by atomic mass is 9.99. The van der Waals surface area contributed by atoms with Crippen molar-refractivity contribution in [2.75, 3.05) is 19.1 Å². The normalized spacial score (nSPS) is 17.6. The van der Waals surface area contributed by atoms with E-state index < -0.39 is 17.7 Å². The van der Waals surface area contributed by atoms with Crippen molar-refractivity contribution in [3.8, 4) is 11.5 Å². The zero-order chi connectivity index (χ0) is 23.0. The summed E-state index contributed by atoms with van der Waals surface area (Å²) in [6, 6.07) is 14.2. The zero-order valence-corrected chi connectivity index (χ0v) is 19.2. The molecule has 2 aromatic carbocycles. The van der Waals surface area contributed by atoms with E-state index in [4.69, 9.17) is 13.9 Å². The number of aliphatic hydroxyl groups excluding tert-OH is 1. The molecule has 1 aliphatic rings. The van der Waals surface area contributed by atoms with Gasteiger partial charge in [-0.1, -0.05) is 12.1 Å². The third-order valence-electron chi connectivity index (χ3n) is 5.25. The molecule has 0 spiro atoms. The lowest BCUT2D eigenvalue weighted by molar-refractivity contribution is -0.132. The molecule has 0 aliphatic carbocycles. The van der Waals surface area contributed by atoms with Gasteiger partial charge in [-0.3, -0.25) is 14.5 Å². The van der Waals surface area contributed by atoms with Crippen molar-refractivity contribution < 1.29 is 28.6 Å². The van der Waals surface area contributed by atoms with E-state index in [-0.39, 0.29) is 11.3 Å². The zero-order valence-electron chi connectivity index (χ0n) is 17.6. The van der Waals surface area contributed by atoms with Crippen LogP contribution in [0.4, 0.5) is 5.69 Å². The molecule has 0 bridgehead atoms. The fraction of sp³-hybridized carbons (Fsp3) is 0.167. The Morgan fingerprint density at radius 3 is 2.38 bits per heavy atom. The summed E-state index contributed by atoms with van der Waals surface area (Å²) in [4.78, 5) is 27.7. The van der Waals surface area contributed by atoms with Crippen LogP contribution in [0.1, 0.15) is 23.1 Å². The molecule has 1 saturated heterocycles. The highest BCUT2D eigenvalue weighted by Gasteiger charge is 2.49. The van der Waals surface area contributed by atoms with Crippen LogP contribution in [-0.4, -0.2) is 31.0 Å². The van der Waals surface area contributed by atoms with Crippen LogP contribution in [0.3, 0.4) is 0 Å². The van der Waals surface area contributed by atoms with Gasteiger partial charge in [0.2, 0.25) is 0 Å². The van der Waals surface area contributed by atoms with Crippen molar-refractivity contribution in [1.29, 1.82) is 0 Å². The molecule has 4 rings (SSSR count). The molecule has 1 aliphatic heterocycles. The molecule has 3 aromatic rings. The van der Waals surface area contributed by atoms with Gasteiger partial charge in [0, 0.05) is 5.56 Å². The minimum absolute atomic E-state index is 0.0766. The molecule has 0 saturated carbocycles. The molecule has 1 fully saturated rings. The molecule has 1 aromatic heterocycles. The number of anilines is 1. The van der Waals surface area contributed by atoms with Crippen molar-refractivity contribution in [1.82, 2.24) is 0 Å². The summed E-state index contributed by atoms with van der Waals surface area (Å²) in [6.07, 6.45) is 0. The minimum atomic E-state index is -0.971. The first-order valence-corrected chi connectivity index (χ1v) is 10.5. The highest BCUT2D eigenvalue weighted by molar-refractivity contribution is 9.10. The quantitative estimate of drug-likeness (QED) is 0.303. The lowest BCUT2D eigenvalue weighted by Gasteiger charge is -2.25. The smallest absolute Gasteiger partial charge is 0.300 e. The van der Waals surface area contributed by atoms with Crippen molar-refractivity contribution in [3.05, 3.63) is 81.7 Å². The second-order valence-corrected chi connectivity index (χ2v) is 7.99. The highest BCUT2D eigenvalue weighted by atomic mass is 79.9. The number of para-hydroxylation sites is 2. The molecule has 8 heteroatoms. The molecule has 1 amide bonds. The number of carbonyl (C=O) groups is 2. The Kier molecular flexibility index (Phi) is 5.80. The topological polar surface area (TPSA) is 89.2 Å². The molecular formula is C24H20BrNO6. The largest absolute Gasteiger partial charge is 0.507 e. The van der Waals surface area contributed by atoms with Gasteiger partial charge in [0.1, 0.15) is 34.8 Å². The maximum absolute atomic E-state index is 13.2. The van der Waals surface area contributed by atoms with Crippen LogP contribution >= 0.6 is 15.9 Å². The number of ketones is 1. The maximum atomic E-state index is 13.2. The van der Waals surface area contributed by atoms with E-state index in [0.717, 1.165) is 0 Å². The number of carbonyl (C=O) groups excluding carboxylic acids is 2. The number of hydrogen-bond acceptors (Lipinski definition) is 6. The standard InChI is InChI=1S/C24H20BrNO6/c1-13-8-10-19(32-13)21-20(22(27)14-9-11-17(30-2)15(25)12-14)23(28)24(29)26(21)16-6-4-5-7-18(16)31-3/h4-12,21,27H,1-3H3/b22-20-. The number of hydrogen-bond donors (Lipinski definition) is 1. The molecule has 1 unspecified atom stereocenters.